The van der Waals surface area contributed by atoms with E-state index in [1.54, 1.807) is 0 Å². The predicted octanol–water partition coefficient (Wildman–Crippen LogP) is 3.43. The SMILES string of the molecule is CCN(CC)c1ccc(N(CC)CC)c(-c2ncno2)c1. The van der Waals surface area contributed by atoms with Gasteiger partial charge in [0.25, 0.3) is 5.89 Å². The van der Waals surface area contributed by atoms with E-state index in [2.05, 4.69) is 65.8 Å². The molecule has 2 rings (SSSR count). The number of anilines is 2. The van der Waals surface area contributed by atoms with Crippen LogP contribution in [-0.4, -0.2) is 36.3 Å². The number of hydrogen-bond donors (Lipinski definition) is 0. The van der Waals surface area contributed by atoms with Crippen LogP contribution in [0.1, 0.15) is 27.7 Å². The van der Waals surface area contributed by atoms with E-state index < -0.39 is 0 Å². The Morgan fingerprint density at radius 2 is 1.62 bits per heavy atom. The van der Waals surface area contributed by atoms with Crippen molar-refractivity contribution in [3.05, 3.63) is 24.5 Å². The Balaban J connectivity index is 2.51. The van der Waals surface area contributed by atoms with Crippen molar-refractivity contribution in [2.75, 3.05) is 36.0 Å². The molecule has 0 amide bonds. The minimum Gasteiger partial charge on any atom is -0.372 e. The third kappa shape index (κ3) is 3.17. The van der Waals surface area contributed by atoms with Crippen molar-refractivity contribution >= 4 is 11.4 Å². The van der Waals surface area contributed by atoms with Crippen molar-refractivity contribution in [2.24, 2.45) is 0 Å². The molecule has 114 valence electrons. The maximum atomic E-state index is 5.30. The van der Waals surface area contributed by atoms with Crippen molar-refractivity contribution in [1.29, 1.82) is 0 Å². The first-order valence-corrected chi connectivity index (χ1v) is 7.66. The predicted molar refractivity (Wildman–Crippen MR) is 86.9 cm³/mol. The molecule has 0 aliphatic carbocycles. The summed E-state index contributed by atoms with van der Waals surface area (Å²) in [4.78, 5) is 8.84. The van der Waals surface area contributed by atoms with Crippen LogP contribution in [0.25, 0.3) is 11.5 Å². The highest BCUT2D eigenvalue weighted by Crippen LogP contribution is 2.33. The zero-order valence-electron chi connectivity index (χ0n) is 13.3. The second kappa shape index (κ2) is 7.11. The van der Waals surface area contributed by atoms with Gasteiger partial charge in [-0.05, 0) is 45.9 Å². The highest BCUT2D eigenvalue weighted by atomic mass is 16.5. The topological polar surface area (TPSA) is 45.4 Å². The van der Waals surface area contributed by atoms with Gasteiger partial charge in [0.1, 0.15) is 0 Å². The highest BCUT2D eigenvalue weighted by molar-refractivity contribution is 5.77. The zero-order chi connectivity index (χ0) is 15.2. The summed E-state index contributed by atoms with van der Waals surface area (Å²) in [5.74, 6) is 0.575. The quantitative estimate of drug-likeness (QED) is 0.781. The van der Waals surface area contributed by atoms with Crippen LogP contribution in [0.4, 0.5) is 11.4 Å². The van der Waals surface area contributed by atoms with Gasteiger partial charge in [0, 0.05) is 37.6 Å². The first-order valence-electron chi connectivity index (χ1n) is 7.66. The molecule has 1 aromatic carbocycles. The van der Waals surface area contributed by atoms with E-state index in [0.29, 0.717) is 5.89 Å². The smallest absolute Gasteiger partial charge is 0.259 e. The average Bonchev–Trinajstić information content (AvgIpc) is 3.05. The molecule has 5 nitrogen and oxygen atoms in total. The lowest BCUT2D eigenvalue weighted by atomic mass is 10.1. The molecular formula is C16H24N4O. The third-order valence-electron chi connectivity index (χ3n) is 3.80. The van der Waals surface area contributed by atoms with E-state index in [1.807, 2.05) is 0 Å². The van der Waals surface area contributed by atoms with Crippen LogP contribution in [0.3, 0.4) is 0 Å². The first-order chi connectivity index (χ1) is 10.2. The molecule has 0 N–H and O–H groups in total. The standard InChI is InChI=1S/C16H24N4O/c1-5-19(6-2)13-9-10-15(20(7-3)8-4)14(11-13)16-17-12-18-21-16/h9-12H,5-8H2,1-4H3. The Kier molecular flexibility index (Phi) is 5.20. The number of rotatable bonds is 7. The molecule has 0 fully saturated rings. The van der Waals surface area contributed by atoms with Crippen LogP contribution in [0.15, 0.2) is 29.0 Å². The van der Waals surface area contributed by atoms with Crippen LogP contribution in [0, 0.1) is 0 Å². The van der Waals surface area contributed by atoms with Crippen molar-refractivity contribution < 1.29 is 4.52 Å². The molecule has 0 unspecified atom stereocenters. The Bertz CT molecular complexity index is 545. The Morgan fingerprint density at radius 3 is 2.14 bits per heavy atom. The number of hydrogen-bond acceptors (Lipinski definition) is 5. The van der Waals surface area contributed by atoms with E-state index in [-0.39, 0.29) is 0 Å². The lowest BCUT2D eigenvalue weighted by molar-refractivity contribution is 0.430. The summed E-state index contributed by atoms with van der Waals surface area (Å²) >= 11 is 0. The van der Waals surface area contributed by atoms with Crippen LogP contribution in [0.2, 0.25) is 0 Å². The highest BCUT2D eigenvalue weighted by Gasteiger charge is 2.16. The van der Waals surface area contributed by atoms with Gasteiger partial charge in [0.2, 0.25) is 0 Å². The average molecular weight is 288 g/mol. The monoisotopic (exact) mass is 288 g/mol. The van der Waals surface area contributed by atoms with Crippen molar-refractivity contribution in [3.63, 3.8) is 0 Å². The Labute approximate surface area is 126 Å². The summed E-state index contributed by atoms with van der Waals surface area (Å²) in [5, 5.41) is 3.75. The van der Waals surface area contributed by atoms with Gasteiger partial charge < -0.3 is 14.3 Å². The van der Waals surface area contributed by atoms with E-state index in [9.17, 15) is 0 Å². The zero-order valence-corrected chi connectivity index (χ0v) is 13.3. The molecule has 0 saturated carbocycles. The number of aromatic nitrogens is 2. The van der Waals surface area contributed by atoms with Gasteiger partial charge in [-0.15, -0.1) is 0 Å². The van der Waals surface area contributed by atoms with Gasteiger partial charge in [-0.3, -0.25) is 0 Å². The number of nitrogens with zero attached hydrogens (tertiary/aromatic N) is 4. The van der Waals surface area contributed by atoms with E-state index in [1.165, 1.54) is 12.0 Å². The van der Waals surface area contributed by atoms with Gasteiger partial charge in [-0.25, -0.2) is 0 Å². The Hall–Kier alpha value is -2.04. The molecule has 5 heteroatoms. The molecule has 0 aliphatic rings. The molecule has 0 spiro atoms. The molecular weight excluding hydrogens is 264 g/mol. The molecule has 0 aliphatic heterocycles. The summed E-state index contributed by atoms with van der Waals surface area (Å²) in [6, 6.07) is 6.47. The summed E-state index contributed by atoms with van der Waals surface area (Å²) < 4.78 is 5.30. The van der Waals surface area contributed by atoms with Crippen molar-refractivity contribution in [1.82, 2.24) is 10.1 Å². The largest absolute Gasteiger partial charge is 0.372 e. The molecule has 0 bridgehead atoms. The minimum absolute atomic E-state index is 0.575. The van der Waals surface area contributed by atoms with Gasteiger partial charge in [-0.1, -0.05) is 5.16 Å². The maximum absolute atomic E-state index is 5.30. The van der Waals surface area contributed by atoms with Gasteiger partial charge in [-0.2, -0.15) is 4.98 Å². The molecule has 21 heavy (non-hydrogen) atoms. The van der Waals surface area contributed by atoms with Crippen LogP contribution in [0.5, 0.6) is 0 Å². The van der Waals surface area contributed by atoms with Crippen molar-refractivity contribution in [2.45, 2.75) is 27.7 Å². The maximum Gasteiger partial charge on any atom is 0.259 e. The molecule has 0 saturated heterocycles. The molecule has 0 radical (unpaired) electrons. The summed E-state index contributed by atoms with van der Waals surface area (Å²) in [7, 11) is 0. The van der Waals surface area contributed by atoms with Gasteiger partial charge in [0.15, 0.2) is 6.33 Å². The number of benzene rings is 1. The lowest BCUT2D eigenvalue weighted by Gasteiger charge is -2.26. The molecule has 1 heterocycles. The van der Waals surface area contributed by atoms with Crippen LogP contribution >= 0.6 is 0 Å². The Morgan fingerprint density at radius 1 is 0.952 bits per heavy atom. The third-order valence-corrected chi connectivity index (χ3v) is 3.80. The lowest BCUT2D eigenvalue weighted by Crippen LogP contribution is -2.24. The summed E-state index contributed by atoms with van der Waals surface area (Å²) in [5.41, 5.74) is 3.32. The van der Waals surface area contributed by atoms with Crippen molar-refractivity contribution in [3.8, 4) is 11.5 Å². The summed E-state index contributed by atoms with van der Waals surface area (Å²) in [6.07, 6.45) is 1.45. The summed E-state index contributed by atoms with van der Waals surface area (Å²) in [6.45, 7) is 12.5. The van der Waals surface area contributed by atoms with Gasteiger partial charge in [0.05, 0.1) is 5.56 Å². The molecule has 0 atom stereocenters. The van der Waals surface area contributed by atoms with Gasteiger partial charge >= 0.3 is 0 Å². The normalized spacial score (nSPS) is 10.7. The first kappa shape index (κ1) is 15.4. The second-order valence-electron chi connectivity index (χ2n) is 4.79. The van der Waals surface area contributed by atoms with Crippen LogP contribution < -0.4 is 9.80 Å². The minimum atomic E-state index is 0.575. The van der Waals surface area contributed by atoms with E-state index in [0.717, 1.165) is 37.4 Å². The molecule has 2 aromatic rings. The fourth-order valence-corrected chi connectivity index (χ4v) is 2.61. The van der Waals surface area contributed by atoms with Crippen LogP contribution in [-0.2, 0) is 0 Å². The fourth-order valence-electron chi connectivity index (χ4n) is 2.61. The van der Waals surface area contributed by atoms with E-state index in [4.69, 9.17) is 4.52 Å². The second-order valence-corrected chi connectivity index (χ2v) is 4.79. The van der Waals surface area contributed by atoms with E-state index >= 15 is 0 Å². The fraction of sp³-hybridized carbons (Fsp3) is 0.500. The molecule has 1 aromatic heterocycles.